The molecule has 1 aliphatic rings. The summed E-state index contributed by atoms with van der Waals surface area (Å²) in [5.41, 5.74) is 2.80. The molecular weight excluding hydrogens is 439 g/mol. The molecule has 2 aromatic heterocycles. The van der Waals surface area contributed by atoms with Crippen LogP contribution in [0.25, 0.3) is 10.6 Å². The number of piperazine rings is 1. The van der Waals surface area contributed by atoms with Crippen LogP contribution in [0.1, 0.15) is 16.1 Å². The topological polar surface area (TPSA) is 61.6 Å². The maximum atomic E-state index is 13.9. The molecule has 0 spiro atoms. The summed E-state index contributed by atoms with van der Waals surface area (Å²) >= 11 is 1.50. The Morgan fingerprint density at radius 3 is 2.55 bits per heavy atom. The number of rotatable bonds is 6. The van der Waals surface area contributed by atoms with Crippen molar-refractivity contribution in [3.05, 3.63) is 89.5 Å². The number of carbonyl (C=O) groups is 1. The first-order chi connectivity index (χ1) is 16.2. The highest BCUT2D eigenvalue weighted by Gasteiger charge is 2.20. The Morgan fingerprint density at radius 2 is 1.82 bits per heavy atom. The molecule has 3 heterocycles. The molecule has 0 bridgehead atoms. The maximum Gasteiger partial charge on any atom is 0.278 e. The summed E-state index contributed by atoms with van der Waals surface area (Å²) in [5, 5.41) is 4.83. The number of amides is 1. The molecule has 0 aliphatic carbocycles. The molecule has 2 aromatic carbocycles. The van der Waals surface area contributed by atoms with Crippen molar-refractivity contribution < 1.29 is 13.6 Å². The number of aromatic nitrogens is 1. The van der Waals surface area contributed by atoms with E-state index in [4.69, 9.17) is 4.42 Å². The van der Waals surface area contributed by atoms with Crippen molar-refractivity contribution in [2.45, 2.75) is 6.54 Å². The minimum absolute atomic E-state index is 0.148. The minimum Gasteiger partial charge on any atom is -0.442 e. The fourth-order valence-electron chi connectivity index (χ4n) is 3.97. The highest BCUT2D eigenvalue weighted by Crippen LogP contribution is 2.28. The highest BCUT2D eigenvalue weighted by atomic mass is 32.1. The van der Waals surface area contributed by atoms with Crippen LogP contribution in [-0.4, -0.2) is 42.0 Å². The van der Waals surface area contributed by atoms with E-state index in [0.29, 0.717) is 18.0 Å². The quantitative estimate of drug-likeness (QED) is 0.431. The fraction of sp³-hybridized carbons (Fsp3) is 0.200. The van der Waals surface area contributed by atoms with Crippen LogP contribution in [-0.2, 0) is 6.54 Å². The fourth-order valence-corrected chi connectivity index (χ4v) is 4.68. The molecule has 0 saturated carbocycles. The van der Waals surface area contributed by atoms with Crippen LogP contribution in [0, 0.1) is 5.82 Å². The Morgan fingerprint density at radius 1 is 1.03 bits per heavy atom. The van der Waals surface area contributed by atoms with Crippen LogP contribution in [0.2, 0.25) is 0 Å². The number of hydrogen-bond donors (Lipinski definition) is 1. The van der Waals surface area contributed by atoms with Gasteiger partial charge in [-0.2, -0.15) is 0 Å². The lowest BCUT2D eigenvalue weighted by atomic mass is 10.1. The van der Waals surface area contributed by atoms with E-state index in [2.05, 4.69) is 20.1 Å². The van der Waals surface area contributed by atoms with Gasteiger partial charge >= 0.3 is 0 Å². The molecule has 6 nitrogen and oxygen atoms in total. The summed E-state index contributed by atoms with van der Waals surface area (Å²) in [4.78, 5) is 22.2. The van der Waals surface area contributed by atoms with Crippen molar-refractivity contribution in [1.82, 2.24) is 9.88 Å². The molecule has 8 heteroatoms. The van der Waals surface area contributed by atoms with Crippen LogP contribution < -0.4 is 10.2 Å². The molecule has 1 N–H and O–H groups in total. The highest BCUT2D eigenvalue weighted by molar-refractivity contribution is 7.13. The van der Waals surface area contributed by atoms with E-state index in [0.717, 1.165) is 42.3 Å². The van der Waals surface area contributed by atoms with Crippen LogP contribution >= 0.6 is 11.3 Å². The van der Waals surface area contributed by atoms with Gasteiger partial charge in [0.05, 0.1) is 4.88 Å². The molecule has 1 saturated heterocycles. The molecule has 0 unspecified atom stereocenters. The van der Waals surface area contributed by atoms with Crippen molar-refractivity contribution in [3.8, 4) is 10.6 Å². The average molecular weight is 463 g/mol. The monoisotopic (exact) mass is 462 g/mol. The van der Waals surface area contributed by atoms with E-state index in [-0.39, 0.29) is 17.4 Å². The second kappa shape index (κ2) is 9.56. The van der Waals surface area contributed by atoms with Crippen molar-refractivity contribution in [3.63, 3.8) is 0 Å². The number of benzene rings is 2. The first-order valence-corrected chi connectivity index (χ1v) is 11.6. The second-order valence-corrected chi connectivity index (χ2v) is 8.81. The number of anilines is 2. The molecule has 1 aliphatic heterocycles. The Hall–Kier alpha value is -3.49. The third kappa shape index (κ3) is 4.81. The summed E-state index contributed by atoms with van der Waals surface area (Å²) in [7, 11) is 0. The lowest BCUT2D eigenvalue weighted by molar-refractivity contribution is 0.102. The zero-order valence-corrected chi connectivity index (χ0v) is 18.7. The number of carbonyl (C=O) groups excluding carboxylic acids is 1. The van der Waals surface area contributed by atoms with Gasteiger partial charge in [-0.3, -0.25) is 9.69 Å². The Balaban J connectivity index is 1.17. The van der Waals surface area contributed by atoms with Crippen LogP contribution in [0.3, 0.4) is 0 Å². The molecular formula is C25H23FN4O2S. The van der Waals surface area contributed by atoms with Crippen molar-refractivity contribution in [2.24, 2.45) is 0 Å². The third-order valence-electron chi connectivity index (χ3n) is 5.74. The van der Waals surface area contributed by atoms with Gasteiger partial charge in [-0.1, -0.05) is 24.3 Å². The number of halogens is 1. The summed E-state index contributed by atoms with van der Waals surface area (Å²) in [6.45, 7) is 4.09. The smallest absolute Gasteiger partial charge is 0.278 e. The van der Waals surface area contributed by atoms with Gasteiger partial charge in [0.25, 0.3) is 5.91 Å². The van der Waals surface area contributed by atoms with Gasteiger partial charge in [0, 0.05) is 49.7 Å². The van der Waals surface area contributed by atoms with Gasteiger partial charge in [0.15, 0.2) is 17.8 Å². The van der Waals surface area contributed by atoms with Crippen LogP contribution in [0.4, 0.5) is 15.8 Å². The predicted octanol–water partition coefficient (Wildman–Crippen LogP) is 5.12. The molecule has 5 rings (SSSR count). The van der Waals surface area contributed by atoms with E-state index in [1.165, 1.54) is 23.8 Å². The molecule has 168 valence electrons. The van der Waals surface area contributed by atoms with Crippen LogP contribution in [0.5, 0.6) is 0 Å². The van der Waals surface area contributed by atoms with Crippen LogP contribution in [0.15, 0.2) is 76.9 Å². The average Bonchev–Trinajstić information content (AvgIpc) is 3.54. The maximum absolute atomic E-state index is 13.9. The number of thiophene rings is 1. The van der Waals surface area contributed by atoms with Gasteiger partial charge in [-0.15, -0.1) is 11.3 Å². The Bertz CT molecular complexity index is 1220. The first kappa shape index (κ1) is 21.4. The van der Waals surface area contributed by atoms with Gasteiger partial charge in [-0.05, 0) is 41.8 Å². The third-order valence-corrected chi connectivity index (χ3v) is 6.61. The predicted molar refractivity (Wildman–Crippen MR) is 128 cm³/mol. The Labute approximate surface area is 195 Å². The second-order valence-electron chi connectivity index (χ2n) is 7.86. The molecule has 0 atom stereocenters. The van der Waals surface area contributed by atoms with Gasteiger partial charge < -0.3 is 14.6 Å². The largest absolute Gasteiger partial charge is 0.442 e. The molecule has 1 amide bonds. The van der Waals surface area contributed by atoms with E-state index >= 15 is 0 Å². The van der Waals surface area contributed by atoms with Gasteiger partial charge in [0.1, 0.15) is 5.82 Å². The molecule has 4 aromatic rings. The van der Waals surface area contributed by atoms with Crippen molar-refractivity contribution in [1.29, 1.82) is 0 Å². The van der Waals surface area contributed by atoms with Gasteiger partial charge in [0.2, 0.25) is 0 Å². The zero-order valence-electron chi connectivity index (χ0n) is 17.9. The SMILES string of the molecule is O=C(Nc1ccc(N2CCN(Cc3ccccc3F)CC2)cc1)c1ncoc1-c1cccs1. The number of hydrogen-bond acceptors (Lipinski definition) is 6. The van der Waals surface area contributed by atoms with E-state index in [1.54, 1.807) is 6.07 Å². The summed E-state index contributed by atoms with van der Waals surface area (Å²) in [6, 6.07) is 18.5. The van der Waals surface area contributed by atoms with Crippen molar-refractivity contribution in [2.75, 3.05) is 36.4 Å². The Kier molecular flexibility index (Phi) is 6.19. The number of oxazole rings is 1. The standard InChI is InChI=1S/C25H23FN4O2S/c26-21-5-2-1-4-18(21)16-29-11-13-30(14-12-29)20-9-7-19(8-10-20)28-25(31)23-24(32-17-27-23)22-6-3-15-33-22/h1-10,15,17H,11-14,16H2,(H,28,31). The summed E-state index contributed by atoms with van der Waals surface area (Å²) in [6.07, 6.45) is 1.29. The number of nitrogens with one attached hydrogen (secondary N) is 1. The molecule has 1 fully saturated rings. The normalized spacial score (nSPS) is 14.4. The van der Waals surface area contributed by atoms with Gasteiger partial charge in [-0.25, -0.2) is 9.37 Å². The van der Waals surface area contributed by atoms with E-state index in [1.807, 2.05) is 53.9 Å². The summed E-state index contributed by atoms with van der Waals surface area (Å²) in [5.74, 6) is 0.0275. The van der Waals surface area contributed by atoms with Crippen molar-refractivity contribution >= 4 is 28.6 Å². The minimum atomic E-state index is -0.304. The summed E-state index contributed by atoms with van der Waals surface area (Å²) < 4.78 is 19.3. The first-order valence-electron chi connectivity index (χ1n) is 10.8. The van der Waals surface area contributed by atoms with E-state index < -0.39 is 0 Å². The molecule has 0 radical (unpaired) electrons. The number of nitrogens with zero attached hydrogens (tertiary/aromatic N) is 3. The molecule has 33 heavy (non-hydrogen) atoms. The van der Waals surface area contributed by atoms with E-state index in [9.17, 15) is 9.18 Å². The lowest BCUT2D eigenvalue weighted by Crippen LogP contribution is -2.46. The lowest BCUT2D eigenvalue weighted by Gasteiger charge is -2.36. The zero-order chi connectivity index (χ0) is 22.6.